The van der Waals surface area contributed by atoms with E-state index in [1.165, 1.54) is 16.8 Å². The van der Waals surface area contributed by atoms with Gasteiger partial charge in [-0.3, -0.25) is 0 Å². The summed E-state index contributed by atoms with van der Waals surface area (Å²) in [7, 11) is 4.07. The van der Waals surface area contributed by atoms with Crippen molar-refractivity contribution in [3.63, 3.8) is 0 Å². The molecule has 2 nitrogen and oxygen atoms in total. The van der Waals surface area contributed by atoms with Crippen LogP contribution in [0, 0.1) is 6.92 Å². The highest BCUT2D eigenvalue weighted by atomic mass is 15.1. The maximum absolute atomic E-state index is 3.17. The molecule has 0 aliphatic carbocycles. The maximum Gasteiger partial charge on any atom is 0.0428 e. The Hall–Kier alpha value is -1.96. The summed E-state index contributed by atoms with van der Waals surface area (Å²) in [6, 6.07) is 17.0. The first-order valence-corrected chi connectivity index (χ1v) is 6.24. The monoisotopic (exact) mass is 240 g/mol. The molecule has 0 bridgehead atoms. The largest absolute Gasteiger partial charge is 0.388 e. The number of hydrogen-bond acceptors (Lipinski definition) is 2. The molecule has 0 heterocycles. The summed E-state index contributed by atoms with van der Waals surface area (Å²) in [5, 5.41) is 3.17. The lowest BCUT2D eigenvalue weighted by molar-refractivity contribution is 0.914. The molecule has 2 rings (SSSR count). The number of rotatable bonds is 4. The number of anilines is 2. The normalized spacial score (nSPS) is 10.2. The fourth-order valence-corrected chi connectivity index (χ4v) is 2.03. The first-order chi connectivity index (χ1) is 8.70. The Balaban J connectivity index is 2.16. The first-order valence-electron chi connectivity index (χ1n) is 6.24. The quantitative estimate of drug-likeness (QED) is 0.877. The zero-order valence-corrected chi connectivity index (χ0v) is 11.3. The molecule has 18 heavy (non-hydrogen) atoms. The summed E-state index contributed by atoms with van der Waals surface area (Å²) in [6.07, 6.45) is 0. The zero-order valence-electron chi connectivity index (χ0n) is 11.3. The van der Waals surface area contributed by atoms with Gasteiger partial charge in [0.05, 0.1) is 0 Å². The Kier molecular flexibility index (Phi) is 3.88. The van der Waals surface area contributed by atoms with Crippen LogP contribution >= 0.6 is 0 Å². The van der Waals surface area contributed by atoms with E-state index in [9.17, 15) is 0 Å². The Bertz CT molecular complexity index is 520. The molecule has 0 aliphatic heterocycles. The van der Waals surface area contributed by atoms with Crippen LogP contribution < -0.4 is 10.2 Å². The third-order valence-electron chi connectivity index (χ3n) is 3.24. The average Bonchev–Trinajstić information content (AvgIpc) is 2.41. The molecular weight excluding hydrogens is 220 g/mol. The van der Waals surface area contributed by atoms with Crippen molar-refractivity contribution in [3.8, 4) is 0 Å². The molecule has 1 N–H and O–H groups in total. The van der Waals surface area contributed by atoms with E-state index in [2.05, 4.69) is 72.7 Å². The fraction of sp³-hybridized carbons (Fsp3) is 0.250. The van der Waals surface area contributed by atoms with E-state index in [1.807, 2.05) is 7.05 Å². The van der Waals surface area contributed by atoms with Crippen molar-refractivity contribution < 1.29 is 0 Å². The highest BCUT2D eigenvalue weighted by molar-refractivity contribution is 5.57. The van der Waals surface area contributed by atoms with Crippen LogP contribution in [-0.4, -0.2) is 14.1 Å². The van der Waals surface area contributed by atoms with E-state index in [0.29, 0.717) is 0 Å². The number of nitrogens with one attached hydrogen (secondary N) is 1. The minimum atomic E-state index is 0.930. The van der Waals surface area contributed by atoms with Gasteiger partial charge in [0.15, 0.2) is 0 Å². The Labute approximate surface area is 109 Å². The van der Waals surface area contributed by atoms with Crippen molar-refractivity contribution in [2.45, 2.75) is 13.5 Å². The number of benzene rings is 2. The van der Waals surface area contributed by atoms with Crippen molar-refractivity contribution in [2.24, 2.45) is 0 Å². The molecule has 0 radical (unpaired) electrons. The van der Waals surface area contributed by atoms with E-state index in [-0.39, 0.29) is 0 Å². The third-order valence-corrected chi connectivity index (χ3v) is 3.24. The van der Waals surface area contributed by atoms with Crippen molar-refractivity contribution in [1.29, 1.82) is 0 Å². The molecule has 2 aromatic carbocycles. The van der Waals surface area contributed by atoms with E-state index in [4.69, 9.17) is 0 Å². The van der Waals surface area contributed by atoms with Crippen molar-refractivity contribution >= 4 is 11.4 Å². The molecule has 2 heteroatoms. The predicted molar refractivity (Wildman–Crippen MR) is 79.3 cm³/mol. The summed E-state index contributed by atoms with van der Waals surface area (Å²) < 4.78 is 0. The zero-order chi connectivity index (χ0) is 13.0. The number of hydrogen-bond donors (Lipinski definition) is 1. The molecule has 2 aromatic rings. The van der Waals surface area contributed by atoms with Gasteiger partial charge in [0.25, 0.3) is 0 Å². The van der Waals surface area contributed by atoms with Crippen LogP contribution in [0.1, 0.15) is 11.1 Å². The topological polar surface area (TPSA) is 15.3 Å². The summed E-state index contributed by atoms with van der Waals surface area (Å²) in [4.78, 5) is 2.27. The Morgan fingerprint density at radius 2 is 1.83 bits per heavy atom. The smallest absolute Gasteiger partial charge is 0.0428 e. The molecule has 0 spiro atoms. The predicted octanol–water partition coefficient (Wildman–Crippen LogP) is 3.67. The summed E-state index contributed by atoms with van der Waals surface area (Å²) in [5.41, 5.74) is 5.08. The van der Waals surface area contributed by atoms with Crippen LogP contribution in [0.15, 0.2) is 48.5 Å². The minimum Gasteiger partial charge on any atom is -0.388 e. The van der Waals surface area contributed by atoms with E-state index < -0.39 is 0 Å². The van der Waals surface area contributed by atoms with Crippen molar-refractivity contribution in [2.75, 3.05) is 24.3 Å². The second-order valence-corrected chi connectivity index (χ2v) is 4.58. The Morgan fingerprint density at radius 1 is 1.06 bits per heavy atom. The molecule has 94 valence electrons. The summed E-state index contributed by atoms with van der Waals surface area (Å²) >= 11 is 0. The molecule has 0 aliphatic rings. The second kappa shape index (κ2) is 5.58. The van der Waals surface area contributed by atoms with Gasteiger partial charge in [0, 0.05) is 32.0 Å². The third kappa shape index (κ3) is 2.83. The SMILES string of the molecule is CNc1cccc(N(C)Cc2ccccc2C)c1. The highest BCUT2D eigenvalue weighted by Crippen LogP contribution is 2.20. The van der Waals surface area contributed by atoms with Crippen LogP contribution in [0.5, 0.6) is 0 Å². The van der Waals surface area contributed by atoms with E-state index in [1.54, 1.807) is 0 Å². The summed E-state index contributed by atoms with van der Waals surface area (Å²) in [5.74, 6) is 0. The van der Waals surface area contributed by atoms with Crippen molar-refractivity contribution in [3.05, 3.63) is 59.7 Å². The van der Waals surface area contributed by atoms with Crippen LogP contribution in [0.3, 0.4) is 0 Å². The van der Waals surface area contributed by atoms with Crippen LogP contribution in [0.4, 0.5) is 11.4 Å². The lowest BCUT2D eigenvalue weighted by Gasteiger charge is -2.21. The summed E-state index contributed by atoms with van der Waals surface area (Å²) in [6.45, 7) is 3.09. The minimum absolute atomic E-state index is 0.930. The van der Waals surface area contributed by atoms with Gasteiger partial charge in [-0.1, -0.05) is 30.3 Å². The van der Waals surface area contributed by atoms with Gasteiger partial charge in [-0.25, -0.2) is 0 Å². The molecule has 0 saturated heterocycles. The van der Waals surface area contributed by atoms with Gasteiger partial charge in [-0.15, -0.1) is 0 Å². The van der Waals surface area contributed by atoms with Crippen LogP contribution in [0.2, 0.25) is 0 Å². The van der Waals surface area contributed by atoms with E-state index in [0.717, 1.165) is 12.2 Å². The van der Waals surface area contributed by atoms with E-state index >= 15 is 0 Å². The van der Waals surface area contributed by atoms with Gasteiger partial charge >= 0.3 is 0 Å². The lowest BCUT2D eigenvalue weighted by Crippen LogP contribution is -2.17. The average molecular weight is 240 g/mol. The van der Waals surface area contributed by atoms with Gasteiger partial charge in [-0.05, 0) is 36.2 Å². The van der Waals surface area contributed by atoms with Crippen LogP contribution in [0.25, 0.3) is 0 Å². The second-order valence-electron chi connectivity index (χ2n) is 4.58. The fourth-order valence-electron chi connectivity index (χ4n) is 2.03. The number of aryl methyl sites for hydroxylation is 1. The van der Waals surface area contributed by atoms with Crippen LogP contribution in [-0.2, 0) is 6.54 Å². The Morgan fingerprint density at radius 3 is 2.56 bits per heavy atom. The van der Waals surface area contributed by atoms with Gasteiger partial charge in [0.2, 0.25) is 0 Å². The van der Waals surface area contributed by atoms with Crippen molar-refractivity contribution in [1.82, 2.24) is 0 Å². The lowest BCUT2D eigenvalue weighted by atomic mass is 10.1. The maximum atomic E-state index is 3.17. The van der Waals surface area contributed by atoms with Gasteiger partial charge in [0.1, 0.15) is 0 Å². The first kappa shape index (κ1) is 12.5. The highest BCUT2D eigenvalue weighted by Gasteiger charge is 2.04. The molecule has 0 amide bonds. The van der Waals surface area contributed by atoms with Gasteiger partial charge in [-0.2, -0.15) is 0 Å². The van der Waals surface area contributed by atoms with Gasteiger partial charge < -0.3 is 10.2 Å². The molecule has 0 saturated carbocycles. The molecule has 0 fully saturated rings. The standard InChI is InChI=1S/C16H20N2/c1-13-7-4-5-8-14(13)12-18(3)16-10-6-9-15(11-16)17-2/h4-11,17H,12H2,1-3H3. The molecular formula is C16H20N2. The molecule has 0 atom stereocenters. The molecule has 0 unspecified atom stereocenters. The molecule has 0 aromatic heterocycles. The number of nitrogens with zero attached hydrogens (tertiary/aromatic N) is 1.